The first-order chi connectivity index (χ1) is 7.27. The molecule has 3 aromatic rings. The number of fused-ring (bicyclic) bond motifs is 3. The molecule has 2 aromatic carbocycles. The van der Waals surface area contributed by atoms with Gasteiger partial charge >= 0.3 is 0 Å². The summed E-state index contributed by atoms with van der Waals surface area (Å²) in [5.74, 6) is 0. The van der Waals surface area contributed by atoms with Gasteiger partial charge in [0, 0.05) is 10.8 Å². The molecule has 0 fully saturated rings. The van der Waals surface area contributed by atoms with Crippen molar-refractivity contribution in [1.82, 2.24) is 8.75 Å². The SMILES string of the molecule is Nc1ccc2c(ccc3nsnc32)c1N. The molecule has 0 radical (unpaired) electrons. The van der Waals surface area contributed by atoms with Gasteiger partial charge in [0.1, 0.15) is 11.0 Å². The molecule has 0 unspecified atom stereocenters. The summed E-state index contributed by atoms with van der Waals surface area (Å²) in [5.41, 5.74) is 14.7. The molecule has 0 saturated carbocycles. The zero-order valence-electron chi connectivity index (χ0n) is 7.77. The Morgan fingerprint density at radius 3 is 2.60 bits per heavy atom. The van der Waals surface area contributed by atoms with E-state index in [0.29, 0.717) is 11.4 Å². The van der Waals surface area contributed by atoms with Gasteiger partial charge in [-0.1, -0.05) is 0 Å². The summed E-state index contributed by atoms with van der Waals surface area (Å²) >= 11 is 1.21. The predicted molar refractivity (Wildman–Crippen MR) is 63.7 cm³/mol. The van der Waals surface area contributed by atoms with Gasteiger partial charge in [-0.3, -0.25) is 0 Å². The van der Waals surface area contributed by atoms with Crippen molar-refractivity contribution < 1.29 is 0 Å². The van der Waals surface area contributed by atoms with Crippen LogP contribution >= 0.6 is 11.7 Å². The van der Waals surface area contributed by atoms with Crippen molar-refractivity contribution in [3.05, 3.63) is 24.3 Å². The fraction of sp³-hybridized carbons (Fsp3) is 0. The second-order valence-electron chi connectivity index (χ2n) is 3.36. The average Bonchev–Trinajstić information content (AvgIpc) is 2.71. The Balaban J connectivity index is 2.60. The molecular weight excluding hydrogens is 208 g/mol. The fourth-order valence-corrected chi connectivity index (χ4v) is 2.24. The van der Waals surface area contributed by atoms with Crippen LogP contribution in [0.2, 0.25) is 0 Å². The van der Waals surface area contributed by atoms with Crippen molar-refractivity contribution in [3.63, 3.8) is 0 Å². The lowest BCUT2D eigenvalue weighted by Gasteiger charge is -2.04. The maximum atomic E-state index is 5.91. The van der Waals surface area contributed by atoms with Gasteiger partial charge in [-0.15, -0.1) is 0 Å². The third-order valence-corrected chi connectivity index (χ3v) is 3.04. The second-order valence-corrected chi connectivity index (χ2v) is 3.89. The molecule has 4 N–H and O–H groups in total. The van der Waals surface area contributed by atoms with Crippen LogP contribution in [0.15, 0.2) is 24.3 Å². The molecule has 1 aromatic heterocycles. The molecule has 1 heterocycles. The number of nitrogens with zero attached hydrogens (tertiary/aromatic N) is 2. The highest BCUT2D eigenvalue weighted by atomic mass is 32.1. The van der Waals surface area contributed by atoms with Gasteiger partial charge in [-0.05, 0) is 24.3 Å². The molecule has 0 bridgehead atoms. The van der Waals surface area contributed by atoms with Gasteiger partial charge < -0.3 is 11.5 Å². The van der Waals surface area contributed by atoms with Crippen molar-refractivity contribution >= 4 is 44.9 Å². The van der Waals surface area contributed by atoms with Crippen molar-refractivity contribution in [2.45, 2.75) is 0 Å². The van der Waals surface area contributed by atoms with Crippen LogP contribution in [0, 0.1) is 0 Å². The van der Waals surface area contributed by atoms with E-state index in [9.17, 15) is 0 Å². The Kier molecular flexibility index (Phi) is 1.58. The maximum Gasteiger partial charge on any atom is 0.112 e. The van der Waals surface area contributed by atoms with Crippen LogP contribution in [0.3, 0.4) is 0 Å². The summed E-state index contributed by atoms with van der Waals surface area (Å²) in [5, 5.41) is 1.95. The van der Waals surface area contributed by atoms with Gasteiger partial charge in [0.15, 0.2) is 0 Å². The highest BCUT2D eigenvalue weighted by molar-refractivity contribution is 7.00. The lowest BCUT2D eigenvalue weighted by atomic mass is 10.1. The highest BCUT2D eigenvalue weighted by Gasteiger charge is 2.07. The Morgan fingerprint density at radius 2 is 1.73 bits per heavy atom. The van der Waals surface area contributed by atoms with Crippen molar-refractivity contribution in [2.75, 3.05) is 11.5 Å². The largest absolute Gasteiger partial charge is 0.397 e. The number of benzene rings is 2. The van der Waals surface area contributed by atoms with E-state index >= 15 is 0 Å². The van der Waals surface area contributed by atoms with Gasteiger partial charge in [-0.25, -0.2) is 0 Å². The third-order valence-electron chi connectivity index (χ3n) is 2.50. The van der Waals surface area contributed by atoms with E-state index in [1.54, 1.807) is 6.07 Å². The van der Waals surface area contributed by atoms with E-state index in [0.717, 1.165) is 21.8 Å². The number of nitrogens with two attached hydrogens (primary N) is 2. The molecule has 0 saturated heterocycles. The molecule has 5 heteroatoms. The normalized spacial score (nSPS) is 11.2. The summed E-state index contributed by atoms with van der Waals surface area (Å²) in [7, 11) is 0. The second kappa shape index (κ2) is 2.80. The summed E-state index contributed by atoms with van der Waals surface area (Å²) in [4.78, 5) is 0. The minimum absolute atomic E-state index is 0.602. The molecule has 0 aliphatic rings. The average molecular weight is 216 g/mol. The Hall–Kier alpha value is -1.88. The number of rotatable bonds is 0. The minimum Gasteiger partial charge on any atom is -0.397 e. The Bertz CT molecular complexity index is 659. The minimum atomic E-state index is 0.602. The number of anilines is 2. The first kappa shape index (κ1) is 8.43. The third kappa shape index (κ3) is 1.07. The summed E-state index contributed by atoms with van der Waals surface area (Å²) in [6, 6.07) is 7.59. The molecule has 74 valence electrons. The Morgan fingerprint density at radius 1 is 0.933 bits per heavy atom. The summed E-state index contributed by atoms with van der Waals surface area (Å²) < 4.78 is 8.43. The molecule has 3 rings (SSSR count). The number of nitrogen functional groups attached to an aromatic ring is 2. The summed E-state index contributed by atoms with van der Waals surface area (Å²) in [6.45, 7) is 0. The molecule has 0 spiro atoms. The molecule has 4 nitrogen and oxygen atoms in total. The summed E-state index contributed by atoms with van der Waals surface area (Å²) in [6.07, 6.45) is 0. The van der Waals surface area contributed by atoms with E-state index in [2.05, 4.69) is 8.75 Å². The Labute approximate surface area is 89.8 Å². The fourth-order valence-electron chi connectivity index (χ4n) is 1.69. The van der Waals surface area contributed by atoms with Crippen molar-refractivity contribution in [3.8, 4) is 0 Å². The topological polar surface area (TPSA) is 77.8 Å². The molecule has 15 heavy (non-hydrogen) atoms. The van der Waals surface area contributed by atoms with Crippen molar-refractivity contribution in [2.24, 2.45) is 0 Å². The van der Waals surface area contributed by atoms with Crippen LogP contribution in [0.25, 0.3) is 21.8 Å². The van der Waals surface area contributed by atoms with Crippen LogP contribution in [0.1, 0.15) is 0 Å². The van der Waals surface area contributed by atoms with Crippen LogP contribution in [-0.2, 0) is 0 Å². The smallest absolute Gasteiger partial charge is 0.112 e. The van der Waals surface area contributed by atoms with Gasteiger partial charge in [0.05, 0.1) is 23.1 Å². The lowest BCUT2D eigenvalue weighted by molar-refractivity contribution is 1.66. The van der Waals surface area contributed by atoms with Crippen molar-refractivity contribution in [1.29, 1.82) is 0 Å². The predicted octanol–water partition coefficient (Wildman–Crippen LogP) is 2.01. The van der Waals surface area contributed by atoms with E-state index < -0.39 is 0 Å². The molecular formula is C10H8N4S. The number of hydrogen-bond donors (Lipinski definition) is 2. The number of aromatic nitrogens is 2. The highest BCUT2D eigenvalue weighted by Crippen LogP contribution is 2.31. The van der Waals surface area contributed by atoms with Crippen LogP contribution in [0.5, 0.6) is 0 Å². The van der Waals surface area contributed by atoms with Gasteiger partial charge in [-0.2, -0.15) is 8.75 Å². The van der Waals surface area contributed by atoms with Gasteiger partial charge in [0.25, 0.3) is 0 Å². The first-order valence-electron chi connectivity index (χ1n) is 4.46. The van der Waals surface area contributed by atoms with Crippen LogP contribution in [-0.4, -0.2) is 8.75 Å². The van der Waals surface area contributed by atoms with Crippen LogP contribution in [0.4, 0.5) is 11.4 Å². The van der Waals surface area contributed by atoms with Gasteiger partial charge in [0.2, 0.25) is 0 Å². The molecule has 0 aliphatic carbocycles. The zero-order chi connectivity index (χ0) is 10.4. The van der Waals surface area contributed by atoms with E-state index in [1.807, 2.05) is 18.2 Å². The number of hydrogen-bond acceptors (Lipinski definition) is 5. The quantitative estimate of drug-likeness (QED) is 0.563. The van der Waals surface area contributed by atoms with E-state index in [4.69, 9.17) is 11.5 Å². The molecule has 0 aliphatic heterocycles. The monoisotopic (exact) mass is 216 g/mol. The van der Waals surface area contributed by atoms with Crippen LogP contribution < -0.4 is 11.5 Å². The molecule has 0 atom stereocenters. The molecule has 0 amide bonds. The lowest BCUT2D eigenvalue weighted by Crippen LogP contribution is -1.95. The standard InChI is InChI=1S/C10H8N4S/c11-7-3-1-6-5(9(7)12)2-4-8-10(6)14-15-13-8/h1-4H,11-12H2. The zero-order valence-corrected chi connectivity index (χ0v) is 8.58. The maximum absolute atomic E-state index is 5.91. The first-order valence-corrected chi connectivity index (χ1v) is 5.19. The van der Waals surface area contributed by atoms with E-state index in [-0.39, 0.29) is 0 Å². The van der Waals surface area contributed by atoms with E-state index in [1.165, 1.54) is 11.7 Å².